The van der Waals surface area contributed by atoms with Crippen molar-refractivity contribution in [3.63, 3.8) is 0 Å². The fourth-order valence-corrected chi connectivity index (χ4v) is 4.51. The third-order valence-corrected chi connectivity index (χ3v) is 5.75. The van der Waals surface area contributed by atoms with Gasteiger partial charge in [0.2, 0.25) is 0 Å². The summed E-state index contributed by atoms with van der Waals surface area (Å²) in [5.41, 5.74) is 9.53. The van der Waals surface area contributed by atoms with Crippen LogP contribution in [-0.4, -0.2) is 30.1 Å². The zero-order valence-corrected chi connectivity index (χ0v) is 13.5. The van der Waals surface area contributed by atoms with Crippen LogP contribution in [0.5, 0.6) is 0 Å². The molecule has 1 aliphatic heterocycles. The Labute approximate surface area is 129 Å². The van der Waals surface area contributed by atoms with E-state index >= 15 is 0 Å². The highest BCUT2D eigenvalue weighted by molar-refractivity contribution is 5.36. The van der Waals surface area contributed by atoms with Crippen molar-refractivity contribution in [1.82, 2.24) is 4.90 Å². The first kappa shape index (κ1) is 15.1. The van der Waals surface area contributed by atoms with Crippen LogP contribution in [0.2, 0.25) is 0 Å². The van der Waals surface area contributed by atoms with Gasteiger partial charge in [-0.3, -0.25) is 4.90 Å². The summed E-state index contributed by atoms with van der Waals surface area (Å²) in [5.74, 6) is 0.943. The van der Waals surface area contributed by atoms with Gasteiger partial charge in [-0.1, -0.05) is 44.0 Å². The van der Waals surface area contributed by atoms with Crippen LogP contribution in [0, 0.1) is 5.92 Å². The smallest absolute Gasteiger partial charge is 0.0412 e. The molecule has 0 aromatic heterocycles. The van der Waals surface area contributed by atoms with Crippen LogP contribution in [0.15, 0.2) is 24.3 Å². The predicted molar refractivity (Wildman–Crippen MR) is 89.5 cm³/mol. The Morgan fingerprint density at radius 1 is 1.14 bits per heavy atom. The van der Waals surface area contributed by atoms with Gasteiger partial charge in [-0.15, -0.1) is 0 Å². The molecule has 1 saturated heterocycles. The zero-order chi connectivity index (χ0) is 14.7. The molecule has 0 radical (unpaired) electrons. The number of hydrogen-bond donors (Lipinski definition) is 1. The quantitative estimate of drug-likeness (QED) is 0.919. The maximum Gasteiger partial charge on any atom is 0.0412 e. The van der Waals surface area contributed by atoms with Crippen molar-refractivity contribution in [3.05, 3.63) is 35.4 Å². The number of nitrogens with two attached hydrogens (primary N) is 1. The highest BCUT2D eigenvalue weighted by Crippen LogP contribution is 2.36. The molecule has 1 fully saturated rings. The van der Waals surface area contributed by atoms with Gasteiger partial charge in [-0.2, -0.15) is 0 Å². The van der Waals surface area contributed by atoms with Crippen LogP contribution in [-0.2, 0) is 12.8 Å². The first-order chi connectivity index (χ1) is 10.3. The summed E-state index contributed by atoms with van der Waals surface area (Å²) in [5, 5.41) is 0. The lowest BCUT2D eigenvalue weighted by molar-refractivity contribution is 0.105. The molecular formula is C19H30N2. The van der Waals surface area contributed by atoms with Crippen LogP contribution in [0.4, 0.5) is 0 Å². The Hall–Kier alpha value is -0.860. The number of rotatable bonds is 4. The summed E-state index contributed by atoms with van der Waals surface area (Å²) in [6.07, 6.45) is 9.17. The number of benzene rings is 1. The highest BCUT2D eigenvalue weighted by Gasteiger charge is 2.41. The fourth-order valence-electron chi connectivity index (χ4n) is 4.51. The Bertz CT molecular complexity index is 443. The van der Waals surface area contributed by atoms with Crippen LogP contribution in [0.1, 0.15) is 50.2 Å². The average molecular weight is 286 g/mol. The summed E-state index contributed by atoms with van der Waals surface area (Å²) in [4.78, 5) is 2.74. The van der Waals surface area contributed by atoms with Gasteiger partial charge >= 0.3 is 0 Å². The number of likely N-dealkylation sites (tertiary alicyclic amines) is 1. The van der Waals surface area contributed by atoms with Gasteiger partial charge in [-0.25, -0.2) is 0 Å². The van der Waals surface area contributed by atoms with E-state index < -0.39 is 0 Å². The van der Waals surface area contributed by atoms with Crippen molar-refractivity contribution < 1.29 is 0 Å². The topological polar surface area (TPSA) is 29.3 Å². The average Bonchev–Trinajstić information content (AvgIpc) is 2.74. The molecule has 1 unspecified atom stereocenters. The SMILES string of the molecule is CCCC1CCCN(C2(CN)Cc3ccccc3C2)CC1. The lowest BCUT2D eigenvalue weighted by atomic mass is 9.92. The van der Waals surface area contributed by atoms with Gasteiger partial charge in [0.1, 0.15) is 0 Å². The fraction of sp³-hybridized carbons (Fsp3) is 0.684. The molecule has 21 heavy (non-hydrogen) atoms. The van der Waals surface area contributed by atoms with Gasteiger partial charge in [0.25, 0.3) is 0 Å². The molecule has 116 valence electrons. The van der Waals surface area contributed by atoms with Crippen molar-refractivity contribution in [2.75, 3.05) is 19.6 Å². The van der Waals surface area contributed by atoms with E-state index in [-0.39, 0.29) is 5.54 Å². The van der Waals surface area contributed by atoms with Gasteiger partial charge in [0.15, 0.2) is 0 Å². The van der Waals surface area contributed by atoms with E-state index in [4.69, 9.17) is 5.73 Å². The second-order valence-electron chi connectivity index (χ2n) is 7.12. The molecule has 1 aliphatic carbocycles. The second kappa shape index (κ2) is 6.50. The minimum Gasteiger partial charge on any atom is -0.329 e. The lowest BCUT2D eigenvalue weighted by Crippen LogP contribution is -2.55. The Balaban J connectivity index is 1.73. The minimum atomic E-state index is 0.199. The van der Waals surface area contributed by atoms with Crippen molar-refractivity contribution in [3.8, 4) is 0 Å². The predicted octanol–water partition coefficient (Wildman–Crippen LogP) is 3.38. The Morgan fingerprint density at radius 2 is 1.86 bits per heavy atom. The van der Waals surface area contributed by atoms with E-state index in [0.29, 0.717) is 0 Å². The molecule has 0 amide bonds. The van der Waals surface area contributed by atoms with Gasteiger partial charge < -0.3 is 5.73 Å². The van der Waals surface area contributed by atoms with Crippen LogP contribution in [0.25, 0.3) is 0 Å². The van der Waals surface area contributed by atoms with Gasteiger partial charge in [0.05, 0.1) is 0 Å². The molecule has 0 saturated carbocycles. The first-order valence-corrected chi connectivity index (χ1v) is 8.79. The molecule has 1 aromatic rings. The Morgan fingerprint density at radius 3 is 2.48 bits per heavy atom. The third kappa shape index (κ3) is 3.02. The van der Waals surface area contributed by atoms with Crippen LogP contribution in [0.3, 0.4) is 0 Å². The van der Waals surface area contributed by atoms with Crippen LogP contribution >= 0.6 is 0 Å². The lowest BCUT2D eigenvalue weighted by Gasteiger charge is -2.40. The summed E-state index contributed by atoms with van der Waals surface area (Å²) >= 11 is 0. The first-order valence-electron chi connectivity index (χ1n) is 8.79. The van der Waals surface area contributed by atoms with Crippen molar-refractivity contribution in [1.29, 1.82) is 0 Å². The summed E-state index contributed by atoms with van der Waals surface area (Å²) in [7, 11) is 0. The zero-order valence-electron chi connectivity index (χ0n) is 13.5. The number of hydrogen-bond acceptors (Lipinski definition) is 2. The molecule has 0 spiro atoms. The molecule has 2 heteroatoms. The molecule has 3 rings (SSSR count). The second-order valence-corrected chi connectivity index (χ2v) is 7.12. The summed E-state index contributed by atoms with van der Waals surface area (Å²) in [6.45, 7) is 5.60. The molecule has 1 atom stereocenters. The van der Waals surface area contributed by atoms with E-state index in [9.17, 15) is 0 Å². The molecular weight excluding hydrogens is 256 g/mol. The van der Waals surface area contributed by atoms with Crippen LogP contribution < -0.4 is 5.73 Å². The normalized spacial score (nSPS) is 25.5. The van der Waals surface area contributed by atoms with E-state index in [1.165, 1.54) is 56.3 Å². The maximum absolute atomic E-state index is 6.28. The molecule has 0 bridgehead atoms. The minimum absolute atomic E-state index is 0.199. The largest absolute Gasteiger partial charge is 0.329 e. The van der Waals surface area contributed by atoms with Gasteiger partial charge in [0, 0.05) is 12.1 Å². The molecule has 2 aliphatic rings. The molecule has 2 N–H and O–H groups in total. The van der Waals surface area contributed by atoms with E-state index in [2.05, 4.69) is 36.1 Å². The standard InChI is InChI=1S/C19H30N2/c1-2-6-16-7-5-11-21(12-10-16)19(15-20)13-17-8-3-4-9-18(17)14-19/h3-4,8-9,16H,2,5-7,10-15,20H2,1H3. The third-order valence-electron chi connectivity index (χ3n) is 5.75. The van der Waals surface area contributed by atoms with Crippen molar-refractivity contribution in [2.45, 2.75) is 57.4 Å². The van der Waals surface area contributed by atoms with E-state index in [1.807, 2.05) is 0 Å². The monoisotopic (exact) mass is 286 g/mol. The van der Waals surface area contributed by atoms with Crippen molar-refractivity contribution in [2.24, 2.45) is 11.7 Å². The van der Waals surface area contributed by atoms with E-state index in [0.717, 1.165) is 25.3 Å². The molecule has 2 nitrogen and oxygen atoms in total. The maximum atomic E-state index is 6.28. The molecule has 1 aromatic carbocycles. The summed E-state index contributed by atoms with van der Waals surface area (Å²) in [6, 6.07) is 8.94. The summed E-state index contributed by atoms with van der Waals surface area (Å²) < 4.78 is 0. The van der Waals surface area contributed by atoms with Gasteiger partial charge in [-0.05, 0) is 62.2 Å². The highest BCUT2D eigenvalue weighted by atomic mass is 15.2. The van der Waals surface area contributed by atoms with Crippen molar-refractivity contribution >= 4 is 0 Å². The number of fused-ring (bicyclic) bond motifs is 1. The number of nitrogens with zero attached hydrogens (tertiary/aromatic N) is 1. The Kier molecular flexibility index (Phi) is 4.66. The molecule has 1 heterocycles. The van der Waals surface area contributed by atoms with E-state index in [1.54, 1.807) is 0 Å².